The van der Waals surface area contributed by atoms with Gasteiger partial charge in [-0.15, -0.1) is 0 Å². The first-order chi connectivity index (χ1) is 21.1. The largest absolute Gasteiger partial charge is 0.489 e. The van der Waals surface area contributed by atoms with Gasteiger partial charge in [0.2, 0.25) is 11.5 Å². The molecule has 4 aromatic rings. The Balaban J connectivity index is 1.56. The van der Waals surface area contributed by atoms with E-state index in [9.17, 15) is 37.4 Å². The quantitative estimate of drug-likeness (QED) is 0.205. The lowest BCUT2D eigenvalue weighted by molar-refractivity contribution is -0.265. The zero-order chi connectivity index (χ0) is 32.7. The van der Waals surface area contributed by atoms with Gasteiger partial charge in [0.15, 0.2) is 0 Å². The molecule has 1 aliphatic rings. The van der Waals surface area contributed by atoms with E-state index < -0.39 is 53.2 Å². The van der Waals surface area contributed by atoms with Crippen molar-refractivity contribution in [2.75, 3.05) is 19.8 Å². The predicted molar refractivity (Wildman–Crippen MR) is 153 cm³/mol. The number of amides is 2. The average molecular weight is 629 g/mol. The van der Waals surface area contributed by atoms with Crippen LogP contribution < -0.4 is 20.5 Å². The number of aliphatic hydroxyl groups excluding tert-OH is 1. The SMILES string of the molecule is C[C@@H](O)COc1cc(C(=O)NCC(O)(c2cc3c(c(-c4ccc(F)cc4)n2)OC[C@]3(C)C(N)=O)C(F)(F)F)cc2cccnc12. The van der Waals surface area contributed by atoms with Gasteiger partial charge in [-0.3, -0.25) is 14.6 Å². The third kappa shape index (κ3) is 5.85. The lowest BCUT2D eigenvalue weighted by Crippen LogP contribution is -2.51. The fraction of sp³-hybridized carbons (Fsp3) is 0.290. The maximum Gasteiger partial charge on any atom is 0.424 e. The van der Waals surface area contributed by atoms with Crippen molar-refractivity contribution in [2.45, 2.75) is 37.1 Å². The Kier molecular flexibility index (Phi) is 8.14. The molecule has 1 unspecified atom stereocenters. The second kappa shape index (κ2) is 11.6. The standard InChI is InChI=1S/C31H28F4N4O6/c1-16(40)13-44-22-11-19(10-18-4-3-9-37-24(18)22)27(41)38-14-30(43,31(33,34)35)23-12-21-26(45-15-29(21,2)28(36)42)25(39-23)17-5-7-20(32)8-6-17/h3-12,16,40,43H,13-15H2,1-2H3,(H2,36,42)(H,38,41)/t16-,29+,30?/m1/s1. The summed E-state index contributed by atoms with van der Waals surface area (Å²) < 4.78 is 69.1. The van der Waals surface area contributed by atoms with Crippen LogP contribution in [0.4, 0.5) is 17.6 Å². The molecule has 14 heteroatoms. The summed E-state index contributed by atoms with van der Waals surface area (Å²) >= 11 is 0. The molecule has 0 saturated carbocycles. The van der Waals surface area contributed by atoms with E-state index in [0.717, 1.165) is 18.2 Å². The van der Waals surface area contributed by atoms with E-state index in [2.05, 4.69) is 15.3 Å². The van der Waals surface area contributed by atoms with Crippen LogP contribution in [0.5, 0.6) is 11.5 Å². The number of rotatable bonds is 9. The van der Waals surface area contributed by atoms with Gasteiger partial charge in [0.05, 0.1) is 18.3 Å². The zero-order valence-corrected chi connectivity index (χ0v) is 24.0. The van der Waals surface area contributed by atoms with Gasteiger partial charge in [0, 0.05) is 28.3 Å². The topological polar surface area (TPSA) is 157 Å². The minimum absolute atomic E-state index is 0.0466. The number of aliphatic hydroxyl groups is 2. The van der Waals surface area contributed by atoms with Gasteiger partial charge >= 0.3 is 6.18 Å². The molecule has 0 bridgehead atoms. The number of nitrogens with zero attached hydrogens (tertiary/aromatic N) is 2. The molecule has 2 aromatic heterocycles. The molecule has 2 amide bonds. The molecule has 1 aliphatic heterocycles. The highest BCUT2D eigenvalue weighted by molar-refractivity contribution is 6.00. The Morgan fingerprint density at radius 2 is 1.89 bits per heavy atom. The number of alkyl halides is 3. The van der Waals surface area contributed by atoms with Crippen LogP contribution in [0.15, 0.2) is 60.8 Å². The number of nitrogens with one attached hydrogen (secondary N) is 1. The Morgan fingerprint density at radius 3 is 2.53 bits per heavy atom. The smallest absolute Gasteiger partial charge is 0.424 e. The predicted octanol–water partition coefficient (Wildman–Crippen LogP) is 3.51. The minimum Gasteiger partial charge on any atom is -0.489 e. The number of halogens is 4. The number of primary amides is 1. The Bertz CT molecular complexity index is 1780. The molecule has 0 radical (unpaired) electrons. The summed E-state index contributed by atoms with van der Waals surface area (Å²) in [6, 6.07) is 11.4. The molecular weight excluding hydrogens is 600 g/mol. The van der Waals surface area contributed by atoms with Gasteiger partial charge < -0.3 is 30.7 Å². The summed E-state index contributed by atoms with van der Waals surface area (Å²) in [5.41, 5.74) is -0.561. The van der Waals surface area contributed by atoms with Gasteiger partial charge in [0.1, 0.15) is 47.2 Å². The van der Waals surface area contributed by atoms with Crippen molar-refractivity contribution in [3.05, 3.63) is 83.4 Å². The first-order valence-corrected chi connectivity index (χ1v) is 13.7. The molecule has 0 fully saturated rings. The molecule has 0 aliphatic carbocycles. The van der Waals surface area contributed by atoms with Crippen molar-refractivity contribution < 1.29 is 46.8 Å². The molecule has 0 spiro atoms. The van der Waals surface area contributed by atoms with Crippen LogP contribution in [0.1, 0.15) is 35.5 Å². The van der Waals surface area contributed by atoms with Gasteiger partial charge in [-0.25, -0.2) is 9.37 Å². The van der Waals surface area contributed by atoms with Gasteiger partial charge in [-0.2, -0.15) is 13.2 Å². The second-order valence-electron chi connectivity index (χ2n) is 11.0. The number of fused-ring (bicyclic) bond motifs is 2. The summed E-state index contributed by atoms with van der Waals surface area (Å²) in [5.74, 6) is -2.44. The molecule has 45 heavy (non-hydrogen) atoms. The number of ether oxygens (including phenoxy) is 2. The van der Waals surface area contributed by atoms with E-state index in [1.807, 2.05) is 0 Å². The highest BCUT2D eigenvalue weighted by Gasteiger charge is 2.57. The van der Waals surface area contributed by atoms with E-state index in [4.69, 9.17) is 15.2 Å². The third-order valence-electron chi connectivity index (χ3n) is 7.54. The Labute approximate surface area is 253 Å². The minimum atomic E-state index is -5.39. The van der Waals surface area contributed by atoms with Crippen LogP contribution >= 0.6 is 0 Å². The van der Waals surface area contributed by atoms with Crippen LogP contribution in [-0.4, -0.2) is 64.0 Å². The second-order valence-corrected chi connectivity index (χ2v) is 11.0. The van der Waals surface area contributed by atoms with Crippen molar-refractivity contribution in [2.24, 2.45) is 5.73 Å². The molecule has 3 atom stereocenters. The highest BCUT2D eigenvalue weighted by Crippen LogP contribution is 2.47. The van der Waals surface area contributed by atoms with Crippen molar-refractivity contribution in [3.63, 3.8) is 0 Å². The van der Waals surface area contributed by atoms with E-state index in [1.54, 1.807) is 12.1 Å². The fourth-order valence-electron chi connectivity index (χ4n) is 4.86. The normalized spacial score (nSPS) is 18.0. The van der Waals surface area contributed by atoms with Crippen LogP contribution in [-0.2, 0) is 15.8 Å². The molecule has 5 rings (SSSR count). The van der Waals surface area contributed by atoms with E-state index in [0.29, 0.717) is 10.9 Å². The molecular formula is C31H28F4N4O6. The third-order valence-corrected chi connectivity index (χ3v) is 7.54. The number of pyridine rings is 2. The fourth-order valence-corrected chi connectivity index (χ4v) is 4.86. The van der Waals surface area contributed by atoms with E-state index in [-0.39, 0.29) is 47.1 Å². The molecule has 2 aromatic carbocycles. The molecule has 236 valence electrons. The van der Waals surface area contributed by atoms with E-state index >= 15 is 0 Å². The summed E-state index contributed by atoms with van der Waals surface area (Å²) in [7, 11) is 0. The number of benzene rings is 2. The highest BCUT2D eigenvalue weighted by atomic mass is 19.4. The Morgan fingerprint density at radius 1 is 1.18 bits per heavy atom. The lowest BCUT2D eigenvalue weighted by Gasteiger charge is -2.31. The summed E-state index contributed by atoms with van der Waals surface area (Å²) in [5, 5.41) is 23.5. The number of carbonyl (C=O) groups excluding carboxylic acids is 2. The van der Waals surface area contributed by atoms with Crippen molar-refractivity contribution in [1.29, 1.82) is 0 Å². The first kappa shape index (κ1) is 31.6. The van der Waals surface area contributed by atoms with Crippen LogP contribution in [0.3, 0.4) is 0 Å². The van der Waals surface area contributed by atoms with Crippen molar-refractivity contribution in [3.8, 4) is 22.8 Å². The lowest BCUT2D eigenvalue weighted by atomic mass is 9.81. The molecule has 3 heterocycles. The average Bonchev–Trinajstić information content (AvgIpc) is 3.35. The number of carbonyl (C=O) groups is 2. The number of hydrogen-bond acceptors (Lipinski definition) is 8. The number of nitrogens with two attached hydrogens (primary N) is 1. The maximum absolute atomic E-state index is 14.7. The number of hydrogen-bond donors (Lipinski definition) is 4. The molecule has 5 N–H and O–H groups in total. The van der Waals surface area contributed by atoms with Crippen LogP contribution in [0.25, 0.3) is 22.2 Å². The van der Waals surface area contributed by atoms with Gasteiger partial charge in [-0.1, -0.05) is 6.07 Å². The van der Waals surface area contributed by atoms with Crippen molar-refractivity contribution >= 4 is 22.7 Å². The van der Waals surface area contributed by atoms with Crippen LogP contribution in [0.2, 0.25) is 0 Å². The van der Waals surface area contributed by atoms with E-state index in [1.165, 1.54) is 44.3 Å². The van der Waals surface area contributed by atoms with Gasteiger partial charge in [-0.05, 0) is 62.4 Å². The first-order valence-electron chi connectivity index (χ1n) is 13.7. The number of aromatic nitrogens is 2. The Hall–Kier alpha value is -4.82. The molecule has 10 nitrogen and oxygen atoms in total. The monoisotopic (exact) mass is 628 g/mol. The van der Waals surface area contributed by atoms with Crippen molar-refractivity contribution in [1.82, 2.24) is 15.3 Å². The molecule has 0 saturated heterocycles. The summed E-state index contributed by atoms with van der Waals surface area (Å²) in [6.45, 7) is 1.02. The maximum atomic E-state index is 14.7. The summed E-state index contributed by atoms with van der Waals surface area (Å²) in [4.78, 5) is 33.9. The van der Waals surface area contributed by atoms with Gasteiger partial charge in [0.25, 0.3) is 5.91 Å². The zero-order valence-electron chi connectivity index (χ0n) is 24.0. The van der Waals surface area contributed by atoms with Crippen LogP contribution in [0, 0.1) is 5.82 Å². The summed E-state index contributed by atoms with van der Waals surface area (Å²) in [6.07, 6.45) is -4.76.